The maximum Gasteiger partial charge on any atom is 0.255 e. The number of hydrogen-bond acceptors (Lipinski definition) is 5. The molecule has 108 valence electrons. The standard InChI is InChI=1S/C14H14ClN5S/c15-12-11(9-5-6-21-7-9)13(18-10-3-1-2-4-10)20-14(19-12)16-8-17-20/h5-8,10,18H,1-4H2. The molecule has 0 saturated heterocycles. The van der Waals surface area contributed by atoms with Crippen molar-refractivity contribution in [1.82, 2.24) is 19.6 Å². The molecule has 5 nitrogen and oxygen atoms in total. The van der Waals surface area contributed by atoms with Crippen LogP contribution in [0.5, 0.6) is 0 Å². The highest BCUT2D eigenvalue weighted by Gasteiger charge is 2.22. The van der Waals surface area contributed by atoms with Crippen LogP contribution in [-0.2, 0) is 0 Å². The third kappa shape index (κ3) is 2.28. The van der Waals surface area contributed by atoms with Crippen LogP contribution in [0.15, 0.2) is 23.2 Å². The van der Waals surface area contributed by atoms with Crippen LogP contribution in [0.2, 0.25) is 5.15 Å². The van der Waals surface area contributed by atoms with E-state index in [9.17, 15) is 0 Å². The second kappa shape index (κ2) is 5.27. The van der Waals surface area contributed by atoms with E-state index in [-0.39, 0.29) is 0 Å². The molecule has 4 rings (SSSR count). The molecule has 0 radical (unpaired) electrons. The van der Waals surface area contributed by atoms with Crippen LogP contribution in [0.4, 0.5) is 5.82 Å². The maximum atomic E-state index is 6.41. The van der Waals surface area contributed by atoms with Crippen LogP contribution < -0.4 is 5.32 Å². The molecule has 0 atom stereocenters. The van der Waals surface area contributed by atoms with E-state index in [0.29, 0.717) is 17.0 Å². The number of anilines is 1. The zero-order valence-electron chi connectivity index (χ0n) is 11.3. The smallest absolute Gasteiger partial charge is 0.255 e. The van der Waals surface area contributed by atoms with E-state index >= 15 is 0 Å². The first-order valence-electron chi connectivity index (χ1n) is 7.01. The van der Waals surface area contributed by atoms with Crippen molar-refractivity contribution in [1.29, 1.82) is 0 Å². The van der Waals surface area contributed by atoms with E-state index in [1.165, 1.54) is 32.0 Å². The Morgan fingerprint density at radius 2 is 2.19 bits per heavy atom. The number of hydrogen-bond donors (Lipinski definition) is 1. The van der Waals surface area contributed by atoms with Gasteiger partial charge in [0.15, 0.2) is 0 Å². The number of fused-ring (bicyclic) bond motifs is 1. The number of rotatable bonds is 3. The van der Waals surface area contributed by atoms with Crippen molar-refractivity contribution in [2.24, 2.45) is 0 Å². The molecule has 1 N–H and O–H groups in total. The summed E-state index contributed by atoms with van der Waals surface area (Å²) < 4.78 is 1.75. The monoisotopic (exact) mass is 319 g/mol. The maximum absolute atomic E-state index is 6.41. The fraction of sp³-hybridized carbons (Fsp3) is 0.357. The first-order chi connectivity index (χ1) is 10.3. The van der Waals surface area contributed by atoms with Crippen LogP contribution in [0.25, 0.3) is 16.9 Å². The minimum atomic E-state index is 0.466. The van der Waals surface area contributed by atoms with Crippen molar-refractivity contribution in [3.63, 3.8) is 0 Å². The molecule has 0 bridgehead atoms. The van der Waals surface area contributed by atoms with E-state index in [2.05, 4.69) is 31.8 Å². The third-order valence-electron chi connectivity index (χ3n) is 3.89. The van der Waals surface area contributed by atoms with Gasteiger partial charge in [0.2, 0.25) is 0 Å². The lowest BCUT2D eigenvalue weighted by molar-refractivity contribution is 0.741. The summed E-state index contributed by atoms with van der Waals surface area (Å²) in [5.41, 5.74) is 1.97. The molecule has 0 aromatic carbocycles. The number of aromatic nitrogens is 4. The summed E-state index contributed by atoms with van der Waals surface area (Å²) in [5.74, 6) is 1.42. The van der Waals surface area contributed by atoms with Crippen molar-refractivity contribution >= 4 is 34.5 Å². The fourth-order valence-electron chi connectivity index (χ4n) is 2.88. The van der Waals surface area contributed by atoms with Crippen LogP contribution in [0.1, 0.15) is 25.7 Å². The molecular formula is C14H14ClN5S. The van der Waals surface area contributed by atoms with Crippen LogP contribution >= 0.6 is 22.9 Å². The summed E-state index contributed by atoms with van der Waals surface area (Å²) in [4.78, 5) is 8.50. The van der Waals surface area contributed by atoms with Gasteiger partial charge in [0, 0.05) is 6.04 Å². The molecule has 0 amide bonds. The van der Waals surface area contributed by atoms with Crippen molar-refractivity contribution < 1.29 is 0 Å². The average molecular weight is 320 g/mol. The van der Waals surface area contributed by atoms with Gasteiger partial charge in [-0.3, -0.25) is 0 Å². The zero-order chi connectivity index (χ0) is 14.2. The fourth-order valence-corrected chi connectivity index (χ4v) is 3.80. The number of thiophene rings is 1. The molecule has 3 heterocycles. The summed E-state index contributed by atoms with van der Waals surface area (Å²) in [5, 5.41) is 12.5. The Bertz CT molecular complexity index is 761. The van der Waals surface area contributed by atoms with Gasteiger partial charge in [-0.25, -0.2) is 0 Å². The number of nitrogens with one attached hydrogen (secondary N) is 1. The Hall–Kier alpha value is -1.66. The summed E-state index contributed by atoms with van der Waals surface area (Å²) in [6.45, 7) is 0. The van der Waals surface area contributed by atoms with Crippen LogP contribution in [0.3, 0.4) is 0 Å². The van der Waals surface area contributed by atoms with Gasteiger partial charge in [-0.2, -0.15) is 30.9 Å². The summed E-state index contributed by atoms with van der Waals surface area (Å²) in [6, 6.07) is 2.52. The number of halogens is 1. The highest BCUT2D eigenvalue weighted by Crippen LogP contribution is 2.36. The SMILES string of the molecule is Clc1nc2ncnn2c(NC2CCCC2)c1-c1ccsc1. The van der Waals surface area contributed by atoms with Gasteiger partial charge in [-0.1, -0.05) is 24.4 Å². The lowest BCUT2D eigenvalue weighted by Crippen LogP contribution is -2.18. The van der Waals surface area contributed by atoms with E-state index < -0.39 is 0 Å². The van der Waals surface area contributed by atoms with E-state index in [0.717, 1.165) is 16.9 Å². The molecule has 1 aliphatic carbocycles. The van der Waals surface area contributed by atoms with Gasteiger partial charge in [0.05, 0.1) is 5.56 Å². The van der Waals surface area contributed by atoms with Gasteiger partial charge in [0.25, 0.3) is 5.78 Å². The molecule has 1 aliphatic rings. The zero-order valence-corrected chi connectivity index (χ0v) is 12.9. The van der Waals surface area contributed by atoms with Gasteiger partial charge < -0.3 is 5.32 Å². The Balaban J connectivity index is 1.90. The third-order valence-corrected chi connectivity index (χ3v) is 4.85. The average Bonchev–Trinajstić information content (AvgIpc) is 3.20. The molecule has 0 aliphatic heterocycles. The molecular weight excluding hydrogens is 306 g/mol. The quantitative estimate of drug-likeness (QED) is 0.745. The van der Waals surface area contributed by atoms with Gasteiger partial charge in [-0.15, -0.1) is 0 Å². The molecule has 3 aromatic heterocycles. The molecule has 0 unspecified atom stereocenters. The van der Waals surface area contributed by atoms with Crippen LogP contribution in [0, 0.1) is 0 Å². The van der Waals surface area contributed by atoms with E-state index in [4.69, 9.17) is 11.6 Å². The first kappa shape index (κ1) is 13.0. The minimum absolute atomic E-state index is 0.466. The molecule has 1 fully saturated rings. The second-order valence-electron chi connectivity index (χ2n) is 5.24. The molecule has 7 heteroatoms. The van der Waals surface area contributed by atoms with Gasteiger partial charge in [-0.05, 0) is 35.2 Å². The predicted octanol–water partition coefficient (Wildman–Crippen LogP) is 3.86. The summed E-state index contributed by atoms with van der Waals surface area (Å²) >= 11 is 8.06. The molecule has 1 saturated carbocycles. The molecule has 21 heavy (non-hydrogen) atoms. The Morgan fingerprint density at radius 3 is 2.95 bits per heavy atom. The minimum Gasteiger partial charge on any atom is -0.367 e. The van der Waals surface area contributed by atoms with Crippen molar-refractivity contribution in [2.75, 3.05) is 5.32 Å². The molecule has 3 aromatic rings. The Morgan fingerprint density at radius 1 is 1.33 bits per heavy atom. The highest BCUT2D eigenvalue weighted by molar-refractivity contribution is 7.08. The normalized spacial score (nSPS) is 15.9. The largest absolute Gasteiger partial charge is 0.367 e. The van der Waals surface area contributed by atoms with Crippen molar-refractivity contribution in [3.05, 3.63) is 28.3 Å². The van der Waals surface area contributed by atoms with Gasteiger partial charge >= 0.3 is 0 Å². The van der Waals surface area contributed by atoms with Gasteiger partial charge in [0.1, 0.15) is 17.3 Å². The number of nitrogens with zero attached hydrogens (tertiary/aromatic N) is 4. The lowest BCUT2D eigenvalue weighted by Gasteiger charge is -2.18. The second-order valence-corrected chi connectivity index (χ2v) is 6.37. The Labute approximate surface area is 131 Å². The molecule has 0 spiro atoms. The predicted molar refractivity (Wildman–Crippen MR) is 85.0 cm³/mol. The van der Waals surface area contributed by atoms with Crippen molar-refractivity contribution in [3.8, 4) is 11.1 Å². The van der Waals surface area contributed by atoms with E-state index in [1.54, 1.807) is 15.9 Å². The first-order valence-corrected chi connectivity index (χ1v) is 8.33. The Kier molecular flexibility index (Phi) is 3.27. The topological polar surface area (TPSA) is 55.1 Å². The summed E-state index contributed by atoms with van der Waals surface area (Å²) in [6.07, 6.45) is 6.41. The van der Waals surface area contributed by atoms with Crippen molar-refractivity contribution in [2.45, 2.75) is 31.7 Å². The van der Waals surface area contributed by atoms with E-state index in [1.807, 2.05) is 5.38 Å². The summed E-state index contributed by atoms with van der Waals surface area (Å²) in [7, 11) is 0. The van der Waals surface area contributed by atoms with Crippen LogP contribution in [-0.4, -0.2) is 25.6 Å². The lowest BCUT2D eigenvalue weighted by atomic mass is 10.1. The highest BCUT2D eigenvalue weighted by atomic mass is 35.5.